The number of rotatable bonds is 8. The molecule has 0 saturated carbocycles. The summed E-state index contributed by atoms with van der Waals surface area (Å²) < 4.78 is 15.9. The molecule has 7 nitrogen and oxygen atoms in total. The van der Waals surface area contributed by atoms with Crippen molar-refractivity contribution >= 4 is 5.91 Å². The number of oxazole rings is 1. The number of carbonyl (C=O) groups excluding carboxylic acids is 1. The normalized spacial score (nSPS) is 11.9. The quantitative estimate of drug-likeness (QED) is 0.644. The van der Waals surface area contributed by atoms with Gasteiger partial charge in [0, 0.05) is 18.4 Å². The molecule has 2 heterocycles. The number of aliphatic hydroxyl groups excluding tert-OH is 1. The highest BCUT2D eigenvalue weighted by molar-refractivity contribution is 5.76. The minimum atomic E-state index is -0.864. The Kier molecular flexibility index (Phi) is 5.70. The van der Waals surface area contributed by atoms with Crippen LogP contribution in [0.4, 0.5) is 0 Å². The lowest BCUT2D eigenvalue weighted by atomic mass is 10.2. The van der Waals surface area contributed by atoms with E-state index in [9.17, 15) is 9.90 Å². The first-order valence-electron chi connectivity index (χ1n) is 8.23. The van der Waals surface area contributed by atoms with Crippen LogP contribution in [0.15, 0.2) is 57.7 Å². The summed E-state index contributed by atoms with van der Waals surface area (Å²) in [4.78, 5) is 16.1. The van der Waals surface area contributed by atoms with E-state index in [1.165, 1.54) is 6.26 Å². The highest BCUT2D eigenvalue weighted by Gasteiger charge is 2.13. The van der Waals surface area contributed by atoms with Gasteiger partial charge in [-0.1, -0.05) is 0 Å². The molecule has 0 spiro atoms. The summed E-state index contributed by atoms with van der Waals surface area (Å²) in [6.45, 7) is 0.0923. The van der Waals surface area contributed by atoms with E-state index in [0.717, 1.165) is 11.3 Å². The van der Waals surface area contributed by atoms with Crippen molar-refractivity contribution in [2.75, 3.05) is 13.7 Å². The van der Waals surface area contributed by atoms with Crippen LogP contribution in [0.5, 0.6) is 5.75 Å². The van der Waals surface area contributed by atoms with E-state index in [1.807, 2.05) is 24.3 Å². The summed E-state index contributed by atoms with van der Waals surface area (Å²) in [5, 5.41) is 12.5. The van der Waals surface area contributed by atoms with Crippen LogP contribution in [0, 0.1) is 0 Å². The van der Waals surface area contributed by atoms with Gasteiger partial charge in [0.1, 0.15) is 17.6 Å². The predicted octanol–water partition coefficient (Wildman–Crippen LogP) is 2.73. The highest BCUT2D eigenvalue weighted by Crippen LogP contribution is 2.23. The Morgan fingerprint density at radius 3 is 2.81 bits per heavy atom. The monoisotopic (exact) mass is 356 g/mol. The van der Waals surface area contributed by atoms with Gasteiger partial charge in [0.15, 0.2) is 11.7 Å². The van der Waals surface area contributed by atoms with E-state index in [4.69, 9.17) is 13.6 Å². The molecule has 7 heteroatoms. The molecule has 2 aromatic heterocycles. The zero-order valence-electron chi connectivity index (χ0n) is 14.3. The number of nitrogens with zero attached hydrogens (tertiary/aromatic N) is 1. The van der Waals surface area contributed by atoms with Gasteiger partial charge < -0.3 is 24.0 Å². The molecule has 0 radical (unpaired) electrons. The summed E-state index contributed by atoms with van der Waals surface area (Å²) in [7, 11) is 1.61. The molecule has 0 fully saturated rings. The molecule has 136 valence electrons. The number of benzene rings is 1. The van der Waals surface area contributed by atoms with Gasteiger partial charge in [0.05, 0.1) is 26.1 Å². The van der Waals surface area contributed by atoms with E-state index in [0.29, 0.717) is 23.8 Å². The van der Waals surface area contributed by atoms with Gasteiger partial charge in [-0.05, 0) is 36.4 Å². The lowest BCUT2D eigenvalue weighted by Crippen LogP contribution is -2.28. The Bertz CT molecular complexity index is 824. The number of furan rings is 1. The topological polar surface area (TPSA) is 97.7 Å². The van der Waals surface area contributed by atoms with Gasteiger partial charge in [0.2, 0.25) is 5.91 Å². The average molecular weight is 356 g/mol. The molecule has 0 saturated heterocycles. The second-order valence-electron chi connectivity index (χ2n) is 5.68. The zero-order valence-corrected chi connectivity index (χ0v) is 14.3. The summed E-state index contributed by atoms with van der Waals surface area (Å²) in [5.74, 6) is 2.11. The van der Waals surface area contributed by atoms with Crippen molar-refractivity contribution in [2.45, 2.75) is 18.9 Å². The van der Waals surface area contributed by atoms with Crippen LogP contribution in [-0.2, 0) is 11.2 Å². The Balaban J connectivity index is 1.47. The maximum atomic E-state index is 11.9. The Morgan fingerprint density at radius 1 is 1.31 bits per heavy atom. The molecular weight excluding hydrogens is 336 g/mol. The molecule has 1 amide bonds. The number of carbonyl (C=O) groups is 1. The van der Waals surface area contributed by atoms with Gasteiger partial charge in [0.25, 0.3) is 0 Å². The van der Waals surface area contributed by atoms with E-state index in [1.54, 1.807) is 25.4 Å². The summed E-state index contributed by atoms with van der Waals surface area (Å²) in [6, 6.07) is 10.8. The van der Waals surface area contributed by atoms with Crippen LogP contribution in [-0.4, -0.2) is 29.7 Å². The molecule has 3 rings (SSSR count). The Morgan fingerprint density at radius 2 is 2.12 bits per heavy atom. The number of methoxy groups -OCH3 is 1. The number of aryl methyl sites for hydroxylation is 1. The van der Waals surface area contributed by atoms with Gasteiger partial charge in [-0.2, -0.15) is 0 Å². The third-order valence-corrected chi connectivity index (χ3v) is 3.86. The summed E-state index contributed by atoms with van der Waals surface area (Å²) >= 11 is 0. The summed E-state index contributed by atoms with van der Waals surface area (Å²) in [5.41, 5.74) is 0.885. The number of hydrogen-bond acceptors (Lipinski definition) is 6. The van der Waals surface area contributed by atoms with E-state index in [2.05, 4.69) is 10.3 Å². The van der Waals surface area contributed by atoms with Crippen LogP contribution in [0.3, 0.4) is 0 Å². The Labute approximate surface area is 150 Å². The minimum absolute atomic E-state index is 0.0923. The summed E-state index contributed by atoms with van der Waals surface area (Å²) in [6.07, 6.45) is 2.84. The first-order valence-corrected chi connectivity index (χ1v) is 8.23. The molecule has 26 heavy (non-hydrogen) atoms. The SMILES string of the molecule is COc1ccc(-c2cnc(CCC(=O)NCC(O)c3ccco3)o2)cc1. The van der Waals surface area contributed by atoms with Gasteiger partial charge in [-0.15, -0.1) is 0 Å². The van der Waals surface area contributed by atoms with Crippen molar-refractivity contribution in [1.29, 1.82) is 0 Å². The first-order chi connectivity index (χ1) is 12.7. The van der Waals surface area contributed by atoms with E-state index < -0.39 is 6.10 Å². The van der Waals surface area contributed by atoms with Crippen LogP contribution in [0.1, 0.15) is 24.2 Å². The fourth-order valence-electron chi connectivity index (χ4n) is 2.42. The first kappa shape index (κ1) is 17.8. The maximum Gasteiger partial charge on any atom is 0.220 e. The smallest absolute Gasteiger partial charge is 0.220 e. The second kappa shape index (κ2) is 8.35. The molecule has 0 bridgehead atoms. The van der Waals surface area contributed by atoms with Gasteiger partial charge in [-0.3, -0.25) is 4.79 Å². The lowest BCUT2D eigenvalue weighted by Gasteiger charge is -2.09. The van der Waals surface area contributed by atoms with Crippen LogP contribution < -0.4 is 10.1 Å². The van der Waals surface area contributed by atoms with Crippen molar-refractivity contribution in [3.05, 3.63) is 60.5 Å². The predicted molar refractivity (Wildman–Crippen MR) is 93.5 cm³/mol. The Hall–Kier alpha value is -3.06. The second-order valence-corrected chi connectivity index (χ2v) is 5.68. The van der Waals surface area contributed by atoms with Crippen LogP contribution in [0.2, 0.25) is 0 Å². The van der Waals surface area contributed by atoms with E-state index in [-0.39, 0.29) is 18.9 Å². The van der Waals surface area contributed by atoms with Gasteiger partial charge >= 0.3 is 0 Å². The molecule has 3 aromatic rings. The van der Waals surface area contributed by atoms with Crippen molar-refractivity contribution in [3.8, 4) is 17.1 Å². The van der Waals surface area contributed by atoms with Crippen molar-refractivity contribution in [3.63, 3.8) is 0 Å². The van der Waals surface area contributed by atoms with Crippen molar-refractivity contribution in [1.82, 2.24) is 10.3 Å². The molecular formula is C19H20N2O5. The van der Waals surface area contributed by atoms with Crippen LogP contribution >= 0.6 is 0 Å². The lowest BCUT2D eigenvalue weighted by molar-refractivity contribution is -0.121. The minimum Gasteiger partial charge on any atom is -0.497 e. The van der Waals surface area contributed by atoms with Crippen LogP contribution in [0.25, 0.3) is 11.3 Å². The number of aromatic nitrogens is 1. The molecule has 1 aromatic carbocycles. The molecule has 1 atom stereocenters. The third-order valence-electron chi connectivity index (χ3n) is 3.86. The third kappa shape index (κ3) is 4.52. The number of hydrogen-bond donors (Lipinski definition) is 2. The molecule has 1 unspecified atom stereocenters. The molecule has 0 aliphatic rings. The molecule has 0 aliphatic carbocycles. The molecule has 0 aliphatic heterocycles. The number of amides is 1. The fourth-order valence-corrected chi connectivity index (χ4v) is 2.42. The fraction of sp³-hybridized carbons (Fsp3) is 0.263. The highest BCUT2D eigenvalue weighted by atomic mass is 16.5. The van der Waals surface area contributed by atoms with Gasteiger partial charge in [-0.25, -0.2) is 4.98 Å². The van der Waals surface area contributed by atoms with Crippen molar-refractivity contribution in [2.24, 2.45) is 0 Å². The standard InChI is InChI=1S/C19H20N2O5/c1-24-14-6-4-13(5-7-14)17-12-21-19(26-17)9-8-18(23)20-11-15(22)16-3-2-10-25-16/h2-7,10,12,15,22H,8-9,11H2,1H3,(H,20,23). The largest absolute Gasteiger partial charge is 0.497 e. The van der Waals surface area contributed by atoms with Crippen molar-refractivity contribution < 1.29 is 23.5 Å². The number of nitrogens with one attached hydrogen (secondary N) is 1. The van der Waals surface area contributed by atoms with E-state index >= 15 is 0 Å². The average Bonchev–Trinajstić information content (AvgIpc) is 3.36. The zero-order chi connectivity index (χ0) is 18.4. The number of aliphatic hydroxyl groups is 1. The molecule has 2 N–H and O–H groups in total. The number of ether oxygens (including phenoxy) is 1. The maximum absolute atomic E-state index is 11.9.